The molecule has 1 N–H and O–H groups in total. The summed E-state index contributed by atoms with van der Waals surface area (Å²) >= 11 is 0. The molecule has 116 valence electrons. The Morgan fingerprint density at radius 1 is 1.48 bits per heavy atom. The highest BCUT2D eigenvalue weighted by molar-refractivity contribution is 5.76. The van der Waals surface area contributed by atoms with E-state index in [1.165, 1.54) is 12.0 Å². The van der Waals surface area contributed by atoms with Gasteiger partial charge in [0.05, 0.1) is 7.11 Å². The Hall–Kier alpha value is -1.76. The summed E-state index contributed by atoms with van der Waals surface area (Å²) < 4.78 is 44.3. The molecule has 1 fully saturated rings. The maximum atomic E-state index is 13.1. The molecule has 1 aromatic carbocycles. The van der Waals surface area contributed by atoms with Gasteiger partial charge in [0.2, 0.25) is 0 Å². The molecule has 0 saturated carbocycles. The lowest BCUT2D eigenvalue weighted by molar-refractivity contribution is -0.227. The van der Waals surface area contributed by atoms with E-state index in [1.807, 2.05) is 0 Å². The number of alkyl halides is 3. The van der Waals surface area contributed by atoms with Crippen molar-refractivity contribution in [1.82, 2.24) is 4.90 Å². The molecule has 0 bridgehead atoms. The number of likely N-dealkylation sites (tertiary alicyclic amines) is 1. The number of nitrogens with zero attached hydrogens (tertiary/aromatic N) is 1. The smallest absolute Gasteiger partial charge is 0.406 e. The van der Waals surface area contributed by atoms with Crippen molar-refractivity contribution in [3.05, 3.63) is 29.8 Å². The van der Waals surface area contributed by atoms with Gasteiger partial charge in [0.25, 0.3) is 0 Å². The van der Waals surface area contributed by atoms with E-state index in [0.717, 1.165) is 5.56 Å². The third kappa shape index (κ3) is 2.97. The van der Waals surface area contributed by atoms with Gasteiger partial charge in [-0.3, -0.25) is 9.69 Å². The lowest BCUT2D eigenvalue weighted by Crippen LogP contribution is -2.47. The molecule has 1 heterocycles. The van der Waals surface area contributed by atoms with Crippen LogP contribution in [0.5, 0.6) is 5.75 Å². The van der Waals surface area contributed by atoms with Crippen molar-refractivity contribution < 1.29 is 27.8 Å². The van der Waals surface area contributed by atoms with Crippen LogP contribution in [0.1, 0.15) is 12.0 Å². The Kier molecular flexibility index (Phi) is 4.13. The van der Waals surface area contributed by atoms with E-state index in [0.29, 0.717) is 5.75 Å². The maximum Gasteiger partial charge on any atom is 0.406 e. The molecule has 0 amide bonds. The molecular weight excluding hydrogens is 287 g/mol. The lowest BCUT2D eigenvalue weighted by Gasteiger charge is -2.27. The highest BCUT2D eigenvalue weighted by Crippen LogP contribution is 2.46. The van der Waals surface area contributed by atoms with Crippen molar-refractivity contribution in [3.8, 4) is 5.75 Å². The molecular formula is C14H16F3NO3. The predicted molar refractivity (Wildman–Crippen MR) is 69.0 cm³/mol. The van der Waals surface area contributed by atoms with Crippen LogP contribution in [0.25, 0.3) is 0 Å². The number of aliphatic carboxylic acids is 1. The maximum absolute atomic E-state index is 13.1. The van der Waals surface area contributed by atoms with E-state index in [1.54, 1.807) is 24.3 Å². The number of ether oxygens (including phenoxy) is 1. The summed E-state index contributed by atoms with van der Waals surface area (Å²) in [5.41, 5.74) is -1.87. The molecule has 1 aliphatic heterocycles. The molecule has 1 saturated heterocycles. The van der Waals surface area contributed by atoms with Gasteiger partial charge >= 0.3 is 12.1 Å². The zero-order valence-corrected chi connectivity index (χ0v) is 11.5. The number of hydrogen-bond donors (Lipinski definition) is 1. The zero-order valence-electron chi connectivity index (χ0n) is 11.5. The van der Waals surface area contributed by atoms with Gasteiger partial charge in [-0.05, 0) is 24.1 Å². The topological polar surface area (TPSA) is 49.8 Å². The predicted octanol–water partition coefficient (Wildman–Crippen LogP) is 2.53. The van der Waals surface area contributed by atoms with Crippen LogP contribution in [0.4, 0.5) is 13.2 Å². The van der Waals surface area contributed by atoms with Gasteiger partial charge in [0.1, 0.15) is 5.75 Å². The molecule has 7 heteroatoms. The second kappa shape index (κ2) is 5.55. The number of methoxy groups -OCH3 is 1. The number of carboxylic acids is 1. The highest BCUT2D eigenvalue weighted by Gasteiger charge is 2.63. The number of hydrogen-bond acceptors (Lipinski definition) is 3. The van der Waals surface area contributed by atoms with E-state index in [4.69, 9.17) is 9.84 Å². The molecule has 2 rings (SSSR count). The van der Waals surface area contributed by atoms with Crippen LogP contribution in [-0.2, 0) is 11.3 Å². The molecule has 1 aromatic rings. The average Bonchev–Trinajstić information content (AvgIpc) is 2.84. The number of benzene rings is 1. The van der Waals surface area contributed by atoms with Crippen LogP contribution in [0, 0.1) is 5.41 Å². The number of carboxylic acid groups (broad SMARTS) is 1. The Labute approximate surface area is 120 Å². The van der Waals surface area contributed by atoms with Gasteiger partial charge in [0, 0.05) is 19.6 Å². The van der Waals surface area contributed by atoms with E-state index in [2.05, 4.69) is 0 Å². The molecule has 0 aromatic heterocycles. The fourth-order valence-corrected chi connectivity index (χ4v) is 2.58. The van der Waals surface area contributed by atoms with E-state index >= 15 is 0 Å². The van der Waals surface area contributed by atoms with Crippen molar-refractivity contribution in [2.45, 2.75) is 19.1 Å². The summed E-state index contributed by atoms with van der Waals surface area (Å²) in [6, 6.07) is 6.99. The van der Waals surface area contributed by atoms with Crippen LogP contribution in [0.2, 0.25) is 0 Å². The van der Waals surface area contributed by atoms with Crippen molar-refractivity contribution >= 4 is 5.97 Å². The Morgan fingerprint density at radius 2 is 2.19 bits per heavy atom. The minimum atomic E-state index is -4.75. The van der Waals surface area contributed by atoms with Crippen LogP contribution in [0.3, 0.4) is 0 Å². The van der Waals surface area contributed by atoms with Crippen LogP contribution >= 0.6 is 0 Å². The Morgan fingerprint density at radius 3 is 2.71 bits per heavy atom. The first-order chi connectivity index (χ1) is 9.78. The standard InChI is InChI=1S/C14H16F3NO3/c1-21-11-4-2-3-10(7-11)8-18-6-5-13(9-18,12(19)20)14(15,16)17/h2-4,7H,5-6,8-9H2,1H3,(H,19,20). The van der Waals surface area contributed by atoms with E-state index in [9.17, 15) is 18.0 Å². The molecule has 0 spiro atoms. The SMILES string of the molecule is COc1cccc(CN2CCC(C(=O)O)(C(F)(F)F)C2)c1. The van der Waals surface area contributed by atoms with Gasteiger partial charge in [-0.25, -0.2) is 0 Å². The molecule has 1 unspecified atom stereocenters. The van der Waals surface area contributed by atoms with E-state index < -0.39 is 30.5 Å². The first-order valence-electron chi connectivity index (χ1n) is 6.44. The monoisotopic (exact) mass is 303 g/mol. The summed E-state index contributed by atoms with van der Waals surface area (Å²) in [6.07, 6.45) is -5.17. The fraction of sp³-hybridized carbons (Fsp3) is 0.500. The van der Waals surface area contributed by atoms with Crippen molar-refractivity contribution in [2.24, 2.45) is 5.41 Å². The average molecular weight is 303 g/mol. The third-order valence-corrected chi connectivity index (χ3v) is 3.84. The number of carbonyl (C=O) groups is 1. The van der Waals surface area contributed by atoms with Crippen LogP contribution in [-0.4, -0.2) is 42.4 Å². The van der Waals surface area contributed by atoms with Crippen molar-refractivity contribution in [3.63, 3.8) is 0 Å². The highest BCUT2D eigenvalue weighted by atomic mass is 19.4. The van der Waals surface area contributed by atoms with Gasteiger partial charge in [-0.15, -0.1) is 0 Å². The van der Waals surface area contributed by atoms with Gasteiger partial charge in [-0.2, -0.15) is 13.2 Å². The number of halogens is 3. The molecule has 0 radical (unpaired) electrons. The summed E-state index contributed by atoms with van der Waals surface area (Å²) in [5, 5.41) is 9.00. The summed E-state index contributed by atoms with van der Waals surface area (Å²) in [7, 11) is 1.51. The van der Waals surface area contributed by atoms with E-state index in [-0.39, 0.29) is 13.1 Å². The summed E-state index contributed by atoms with van der Waals surface area (Å²) in [4.78, 5) is 12.6. The van der Waals surface area contributed by atoms with Gasteiger partial charge < -0.3 is 9.84 Å². The molecule has 1 aliphatic rings. The van der Waals surface area contributed by atoms with Gasteiger partial charge in [0.15, 0.2) is 5.41 Å². The molecule has 21 heavy (non-hydrogen) atoms. The molecule has 0 aliphatic carbocycles. The molecule has 1 atom stereocenters. The first-order valence-corrected chi connectivity index (χ1v) is 6.44. The Balaban J connectivity index is 2.13. The summed E-state index contributed by atoms with van der Waals surface area (Å²) in [5.74, 6) is -1.19. The minimum absolute atomic E-state index is 0.100. The summed E-state index contributed by atoms with van der Waals surface area (Å²) in [6.45, 7) is -0.158. The second-order valence-electron chi connectivity index (χ2n) is 5.20. The largest absolute Gasteiger partial charge is 0.497 e. The van der Waals surface area contributed by atoms with Crippen LogP contribution < -0.4 is 4.74 Å². The number of rotatable bonds is 4. The van der Waals surface area contributed by atoms with Crippen LogP contribution in [0.15, 0.2) is 24.3 Å². The normalized spacial score (nSPS) is 23.2. The Bertz CT molecular complexity index is 532. The minimum Gasteiger partial charge on any atom is -0.497 e. The third-order valence-electron chi connectivity index (χ3n) is 3.84. The first kappa shape index (κ1) is 15.6. The lowest BCUT2D eigenvalue weighted by atomic mass is 9.86. The second-order valence-corrected chi connectivity index (χ2v) is 5.20. The van der Waals surface area contributed by atoms with Crippen molar-refractivity contribution in [2.75, 3.05) is 20.2 Å². The van der Waals surface area contributed by atoms with Crippen molar-refractivity contribution in [1.29, 1.82) is 0 Å². The fourth-order valence-electron chi connectivity index (χ4n) is 2.58. The zero-order chi connectivity index (χ0) is 15.7. The van der Waals surface area contributed by atoms with Gasteiger partial charge in [-0.1, -0.05) is 12.1 Å². The quantitative estimate of drug-likeness (QED) is 0.928. The molecule has 4 nitrogen and oxygen atoms in total.